The molecule has 9 heteroatoms. The smallest absolute Gasteiger partial charge is 0.168 e. The van der Waals surface area contributed by atoms with E-state index < -0.39 is 0 Å². The monoisotopic (exact) mass is 414 g/mol. The van der Waals surface area contributed by atoms with E-state index in [1.54, 1.807) is 26.5 Å². The van der Waals surface area contributed by atoms with Crippen LogP contribution in [0.5, 0.6) is 11.5 Å². The number of aliphatic hydroxyl groups is 1. The molecule has 7 nitrogen and oxygen atoms in total. The van der Waals surface area contributed by atoms with E-state index in [-0.39, 0.29) is 17.1 Å². The second-order valence-corrected chi connectivity index (χ2v) is 7.45. The first-order chi connectivity index (χ1) is 13.6. The molecule has 28 heavy (non-hydrogen) atoms. The lowest BCUT2D eigenvalue weighted by molar-refractivity contribution is 0.355. The summed E-state index contributed by atoms with van der Waals surface area (Å²) in [7, 11) is 5.02. The molecule has 0 amide bonds. The van der Waals surface area contributed by atoms with Crippen molar-refractivity contribution in [2.45, 2.75) is 5.16 Å². The van der Waals surface area contributed by atoms with Crippen LogP contribution in [0.15, 0.2) is 46.9 Å². The van der Waals surface area contributed by atoms with Gasteiger partial charge < -0.3 is 19.1 Å². The van der Waals surface area contributed by atoms with Gasteiger partial charge in [-0.3, -0.25) is 0 Å². The third kappa shape index (κ3) is 4.13. The van der Waals surface area contributed by atoms with Gasteiger partial charge in [0.15, 0.2) is 16.7 Å². The van der Waals surface area contributed by atoms with Crippen LogP contribution in [-0.4, -0.2) is 39.6 Å². The van der Waals surface area contributed by atoms with Crippen LogP contribution in [0.4, 0.5) is 0 Å². The second kappa shape index (κ2) is 8.82. The van der Waals surface area contributed by atoms with Crippen molar-refractivity contribution in [3.05, 3.63) is 46.7 Å². The predicted molar refractivity (Wildman–Crippen MR) is 110 cm³/mol. The minimum Gasteiger partial charge on any atom is -0.510 e. The van der Waals surface area contributed by atoms with Crippen LogP contribution in [0, 0.1) is 11.3 Å². The van der Waals surface area contributed by atoms with Crippen LogP contribution < -0.4 is 9.47 Å². The third-order valence-electron chi connectivity index (χ3n) is 3.91. The first-order valence-corrected chi connectivity index (χ1v) is 10.0. The standard InChI is InChI=1S/C19H18N4O3S2/c1-23-7-6-21-19(23)28-11-15(24)13(9-20)18-22-14(10-27-18)12-4-5-16(25-2)17(8-12)26-3/h4-8,10,24H,11H2,1-3H3/b15-13-. The molecule has 144 valence electrons. The first kappa shape index (κ1) is 19.8. The van der Waals surface area contributed by atoms with Crippen LogP contribution >= 0.6 is 23.1 Å². The Morgan fingerprint density at radius 3 is 2.75 bits per heavy atom. The number of benzene rings is 1. The Bertz CT molecular complexity index is 1050. The summed E-state index contributed by atoms with van der Waals surface area (Å²) in [5.41, 5.74) is 1.69. The SMILES string of the molecule is COc1ccc(-c2csc(/C(C#N)=C(\O)CSc3nccn3C)n2)cc1OC. The Labute approximate surface area is 170 Å². The van der Waals surface area contributed by atoms with E-state index in [1.165, 1.54) is 23.1 Å². The van der Waals surface area contributed by atoms with Gasteiger partial charge in [0, 0.05) is 30.4 Å². The Morgan fingerprint density at radius 1 is 1.32 bits per heavy atom. The van der Waals surface area contributed by atoms with Gasteiger partial charge in [-0.1, -0.05) is 11.8 Å². The average Bonchev–Trinajstić information content (AvgIpc) is 3.35. The summed E-state index contributed by atoms with van der Waals surface area (Å²) in [4.78, 5) is 8.71. The number of hydrogen-bond acceptors (Lipinski definition) is 8. The molecule has 0 unspecified atom stereocenters. The number of methoxy groups -OCH3 is 2. The van der Waals surface area contributed by atoms with Gasteiger partial charge >= 0.3 is 0 Å². The molecule has 0 atom stereocenters. The number of ether oxygens (including phenoxy) is 2. The van der Waals surface area contributed by atoms with E-state index in [1.807, 2.05) is 35.3 Å². The lowest BCUT2D eigenvalue weighted by Gasteiger charge is -2.08. The molecule has 3 aromatic rings. The molecule has 1 aromatic carbocycles. The molecule has 0 saturated heterocycles. The second-order valence-electron chi connectivity index (χ2n) is 5.65. The fourth-order valence-electron chi connectivity index (χ4n) is 2.45. The molecule has 0 spiro atoms. The van der Waals surface area contributed by atoms with Crippen molar-refractivity contribution in [2.75, 3.05) is 20.0 Å². The van der Waals surface area contributed by atoms with Crippen LogP contribution in [-0.2, 0) is 7.05 Å². The maximum Gasteiger partial charge on any atom is 0.168 e. The molecule has 1 N–H and O–H groups in total. The van der Waals surface area contributed by atoms with E-state index in [0.717, 1.165) is 10.7 Å². The third-order valence-corrected chi connectivity index (χ3v) is 5.84. The average molecular weight is 415 g/mol. The zero-order valence-corrected chi connectivity index (χ0v) is 17.2. The highest BCUT2D eigenvalue weighted by Gasteiger charge is 2.16. The van der Waals surface area contributed by atoms with Crippen LogP contribution in [0.2, 0.25) is 0 Å². The zero-order valence-electron chi connectivity index (χ0n) is 15.5. The topological polar surface area (TPSA) is 93.2 Å². The van der Waals surface area contributed by atoms with Gasteiger partial charge in [0.25, 0.3) is 0 Å². The van der Waals surface area contributed by atoms with Gasteiger partial charge in [-0.05, 0) is 18.2 Å². The van der Waals surface area contributed by atoms with Gasteiger partial charge in [0.1, 0.15) is 22.4 Å². The Balaban J connectivity index is 1.84. The van der Waals surface area contributed by atoms with Crippen molar-refractivity contribution in [1.82, 2.24) is 14.5 Å². The number of thiazole rings is 1. The largest absolute Gasteiger partial charge is 0.510 e. The zero-order chi connectivity index (χ0) is 20.1. The summed E-state index contributed by atoms with van der Waals surface area (Å²) in [5.74, 6) is 1.44. The number of aromatic nitrogens is 3. The van der Waals surface area contributed by atoms with E-state index >= 15 is 0 Å². The molecular formula is C19H18N4O3S2. The lowest BCUT2D eigenvalue weighted by Crippen LogP contribution is -1.96. The van der Waals surface area contributed by atoms with Crippen LogP contribution in [0.1, 0.15) is 5.01 Å². The van der Waals surface area contributed by atoms with Crippen molar-refractivity contribution in [3.8, 4) is 28.8 Å². The van der Waals surface area contributed by atoms with Crippen LogP contribution in [0.3, 0.4) is 0 Å². The Morgan fingerprint density at radius 2 is 2.11 bits per heavy atom. The van der Waals surface area contributed by atoms with E-state index in [4.69, 9.17) is 9.47 Å². The number of allylic oxidation sites excluding steroid dienone is 1. The van der Waals surface area contributed by atoms with E-state index in [9.17, 15) is 10.4 Å². The molecule has 0 fully saturated rings. The number of imidazole rings is 1. The quantitative estimate of drug-likeness (QED) is 0.353. The number of aryl methyl sites for hydroxylation is 1. The summed E-state index contributed by atoms with van der Waals surface area (Å²) in [5, 5.41) is 23.0. The number of aliphatic hydroxyl groups excluding tert-OH is 1. The van der Waals surface area contributed by atoms with Gasteiger partial charge in [-0.25, -0.2) is 9.97 Å². The molecule has 2 heterocycles. The van der Waals surface area contributed by atoms with E-state index in [2.05, 4.69) is 16.0 Å². The summed E-state index contributed by atoms with van der Waals surface area (Å²) in [6.07, 6.45) is 3.51. The number of hydrogen-bond donors (Lipinski definition) is 1. The maximum absolute atomic E-state index is 10.4. The number of nitrogens with zero attached hydrogens (tertiary/aromatic N) is 4. The van der Waals surface area contributed by atoms with Crippen molar-refractivity contribution in [3.63, 3.8) is 0 Å². The molecule has 0 aliphatic carbocycles. The van der Waals surface area contributed by atoms with Crippen molar-refractivity contribution < 1.29 is 14.6 Å². The highest BCUT2D eigenvalue weighted by atomic mass is 32.2. The lowest BCUT2D eigenvalue weighted by atomic mass is 10.1. The minimum absolute atomic E-state index is 0.0243. The van der Waals surface area contributed by atoms with Gasteiger partial charge in [-0.2, -0.15) is 5.26 Å². The summed E-state index contributed by atoms with van der Waals surface area (Å²) in [6.45, 7) is 0. The normalized spacial score (nSPS) is 11.6. The summed E-state index contributed by atoms with van der Waals surface area (Å²) < 4.78 is 12.4. The minimum atomic E-state index is -0.0243. The molecule has 0 aliphatic rings. The number of nitriles is 1. The molecule has 3 rings (SSSR count). The summed E-state index contributed by atoms with van der Waals surface area (Å²) in [6, 6.07) is 7.55. The van der Waals surface area contributed by atoms with Gasteiger partial charge in [-0.15, -0.1) is 11.3 Å². The van der Waals surface area contributed by atoms with Crippen LogP contribution in [0.25, 0.3) is 16.8 Å². The van der Waals surface area contributed by atoms with E-state index in [0.29, 0.717) is 22.2 Å². The fourth-order valence-corrected chi connectivity index (χ4v) is 4.10. The highest BCUT2D eigenvalue weighted by Crippen LogP contribution is 2.34. The summed E-state index contributed by atoms with van der Waals surface area (Å²) >= 11 is 2.65. The molecule has 0 radical (unpaired) electrons. The predicted octanol–water partition coefficient (Wildman–Crippen LogP) is 4.15. The molecular weight excluding hydrogens is 396 g/mol. The number of thioether (sulfide) groups is 1. The highest BCUT2D eigenvalue weighted by molar-refractivity contribution is 7.99. The first-order valence-electron chi connectivity index (χ1n) is 8.18. The van der Waals surface area contributed by atoms with Gasteiger partial charge in [0.05, 0.1) is 25.7 Å². The fraction of sp³-hybridized carbons (Fsp3) is 0.211. The number of rotatable bonds is 7. The molecule has 0 saturated carbocycles. The van der Waals surface area contributed by atoms with Crippen molar-refractivity contribution in [1.29, 1.82) is 5.26 Å². The molecule has 0 aliphatic heterocycles. The molecule has 0 bridgehead atoms. The molecule has 2 aromatic heterocycles. The Hall–Kier alpha value is -2.96. The Kier molecular flexibility index (Phi) is 6.23. The van der Waals surface area contributed by atoms with Gasteiger partial charge in [0.2, 0.25) is 0 Å². The van der Waals surface area contributed by atoms with Crippen molar-refractivity contribution >= 4 is 28.7 Å². The van der Waals surface area contributed by atoms with Crippen molar-refractivity contribution in [2.24, 2.45) is 7.05 Å². The maximum atomic E-state index is 10.4.